The highest BCUT2D eigenvalue weighted by Gasteiger charge is 2.40. The zero-order chi connectivity index (χ0) is 16.4. The summed E-state index contributed by atoms with van der Waals surface area (Å²) in [4.78, 5) is 27.8. The summed E-state index contributed by atoms with van der Waals surface area (Å²) in [6.07, 6.45) is 0. The summed E-state index contributed by atoms with van der Waals surface area (Å²) in [6.45, 7) is -0.0612. The Morgan fingerprint density at radius 2 is 1.87 bits per heavy atom. The number of hydrogen-bond donors (Lipinski definition) is 1. The monoisotopic (exact) mass is 365 g/mol. The second-order valence-electron chi connectivity index (χ2n) is 4.68. The largest absolute Gasteiger partial charge is 0.396 e. The second kappa shape index (κ2) is 6.88. The topological polar surface area (TPSA) is 57.6 Å². The Balaban J connectivity index is 2.03. The molecule has 1 N–H and O–H groups in total. The van der Waals surface area contributed by atoms with Crippen LogP contribution in [0.25, 0.3) is 5.57 Å². The Morgan fingerprint density at radius 1 is 1.13 bits per heavy atom. The van der Waals surface area contributed by atoms with Gasteiger partial charge in [-0.15, -0.1) is 23.1 Å². The van der Waals surface area contributed by atoms with Crippen molar-refractivity contribution >= 4 is 57.8 Å². The molecule has 7 heteroatoms. The van der Waals surface area contributed by atoms with Crippen molar-refractivity contribution in [2.75, 3.05) is 17.3 Å². The Morgan fingerprint density at radius 3 is 2.48 bits per heavy atom. The van der Waals surface area contributed by atoms with E-state index < -0.39 is 0 Å². The van der Waals surface area contributed by atoms with Gasteiger partial charge in [0.2, 0.25) is 0 Å². The first-order valence-corrected chi connectivity index (χ1v) is 9.04. The number of hydrogen-bond acceptors (Lipinski definition) is 5. The maximum atomic E-state index is 12.8. The minimum Gasteiger partial charge on any atom is -0.396 e. The number of benzene rings is 1. The molecule has 3 rings (SSSR count). The van der Waals surface area contributed by atoms with Gasteiger partial charge in [0.05, 0.1) is 22.8 Å². The number of nitrogens with zero attached hydrogens (tertiary/aromatic N) is 1. The van der Waals surface area contributed by atoms with E-state index in [1.807, 2.05) is 17.5 Å². The summed E-state index contributed by atoms with van der Waals surface area (Å²) in [5, 5.41) is 11.4. The average molecular weight is 366 g/mol. The van der Waals surface area contributed by atoms with Crippen LogP contribution in [-0.2, 0) is 9.59 Å². The van der Waals surface area contributed by atoms with Crippen molar-refractivity contribution in [3.8, 4) is 0 Å². The second-order valence-corrected chi connectivity index (χ2v) is 7.16. The Kier molecular flexibility index (Phi) is 4.87. The molecule has 2 aromatic rings. The molecule has 0 saturated carbocycles. The zero-order valence-electron chi connectivity index (χ0n) is 11.9. The van der Waals surface area contributed by atoms with E-state index in [1.165, 1.54) is 23.1 Å². The molecule has 23 heavy (non-hydrogen) atoms. The molecule has 4 nitrogen and oxygen atoms in total. The van der Waals surface area contributed by atoms with Crippen molar-refractivity contribution in [3.63, 3.8) is 0 Å². The Hall–Kier alpha value is -1.60. The first-order valence-electron chi connectivity index (χ1n) is 6.79. The molecule has 1 aliphatic heterocycles. The summed E-state index contributed by atoms with van der Waals surface area (Å²) in [5.41, 5.74) is 0.886. The number of thiophene rings is 1. The minimum absolute atomic E-state index is 0.0612. The molecule has 1 aliphatic rings. The molecule has 0 spiro atoms. The van der Waals surface area contributed by atoms with Crippen LogP contribution in [0.15, 0.2) is 46.7 Å². The third kappa shape index (κ3) is 3.07. The fourth-order valence-electron chi connectivity index (χ4n) is 2.25. The predicted octanol–water partition coefficient (Wildman–Crippen LogP) is 3.41. The number of aliphatic hydroxyl groups is 1. The van der Waals surface area contributed by atoms with E-state index in [2.05, 4.69) is 0 Å². The van der Waals surface area contributed by atoms with Crippen molar-refractivity contribution < 1.29 is 14.7 Å². The lowest BCUT2D eigenvalue weighted by Gasteiger charge is -2.15. The standard InChI is InChI=1S/C16H12ClNO3S2/c17-10-3-5-11(6-4-10)18-15(20)13(12-2-1-8-22-12)14(16(18)21)23-9-7-19/h1-6,8,19H,7,9H2. The maximum absolute atomic E-state index is 12.8. The molecule has 1 aromatic carbocycles. The quantitative estimate of drug-likeness (QED) is 0.825. The minimum atomic E-state index is -0.362. The molecule has 0 radical (unpaired) electrons. The number of amides is 2. The molecule has 118 valence electrons. The molecule has 0 bridgehead atoms. The molecule has 0 saturated heterocycles. The third-order valence-electron chi connectivity index (χ3n) is 3.23. The summed E-state index contributed by atoms with van der Waals surface area (Å²) >= 11 is 8.48. The predicted molar refractivity (Wildman–Crippen MR) is 94.7 cm³/mol. The number of carbonyl (C=O) groups excluding carboxylic acids is 2. The lowest BCUT2D eigenvalue weighted by molar-refractivity contribution is -0.119. The first kappa shape index (κ1) is 16.3. The van der Waals surface area contributed by atoms with Gasteiger partial charge >= 0.3 is 0 Å². The van der Waals surface area contributed by atoms with Gasteiger partial charge in [-0.25, -0.2) is 4.90 Å². The number of rotatable bonds is 5. The number of carbonyl (C=O) groups is 2. The molecule has 0 unspecified atom stereocenters. The number of aliphatic hydroxyl groups excluding tert-OH is 1. The van der Waals surface area contributed by atoms with E-state index >= 15 is 0 Å². The summed E-state index contributed by atoms with van der Waals surface area (Å²) in [6, 6.07) is 10.2. The van der Waals surface area contributed by atoms with E-state index in [-0.39, 0.29) is 18.4 Å². The lowest BCUT2D eigenvalue weighted by atomic mass is 10.2. The van der Waals surface area contributed by atoms with Crippen LogP contribution in [0.4, 0.5) is 5.69 Å². The van der Waals surface area contributed by atoms with E-state index in [1.54, 1.807) is 24.3 Å². The van der Waals surface area contributed by atoms with Crippen LogP contribution in [-0.4, -0.2) is 29.3 Å². The van der Waals surface area contributed by atoms with Crippen molar-refractivity contribution in [2.45, 2.75) is 0 Å². The van der Waals surface area contributed by atoms with Gasteiger partial charge in [-0.05, 0) is 35.7 Å². The number of thioether (sulfide) groups is 1. The highest BCUT2D eigenvalue weighted by molar-refractivity contribution is 8.04. The van der Waals surface area contributed by atoms with E-state index in [0.29, 0.717) is 26.9 Å². The number of halogens is 1. The van der Waals surface area contributed by atoms with Crippen molar-refractivity contribution in [3.05, 3.63) is 56.6 Å². The maximum Gasteiger partial charge on any atom is 0.272 e. The van der Waals surface area contributed by atoms with Gasteiger partial charge in [0, 0.05) is 15.7 Å². The van der Waals surface area contributed by atoms with Crippen LogP contribution in [0.2, 0.25) is 5.02 Å². The molecule has 1 aromatic heterocycles. The first-order chi connectivity index (χ1) is 11.1. The van der Waals surface area contributed by atoms with Crippen molar-refractivity contribution in [1.82, 2.24) is 0 Å². The molecule has 2 heterocycles. The van der Waals surface area contributed by atoms with Crippen molar-refractivity contribution in [2.24, 2.45) is 0 Å². The molecule has 0 atom stereocenters. The van der Waals surface area contributed by atoms with Gasteiger partial charge in [0.15, 0.2) is 0 Å². The van der Waals surface area contributed by atoms with E-state index in [4.69, 9.17) is 16.7 Å². The average Bonchev–Trinajstić information content (AvgIpc) is 3.14. The fraction of sp³-hybridized carbons (Fsp3) is 0.125. The van der Waals surface area contributed by atoms with Crippen molar-refractivity contribution in [1.29, 1.82) is 0 Å². The van der Waals surface area contributed by atoms with Gasteiger partial charge in [0.1, 0.15) is 0 Å². The fourth-order valence-corrected chi connectivity index (χ4v) is 4.06. The zero-order valence-corrected chi connectivity index (χ0v) is 14.2. The molecule has 2 amide bonds. The smallest absolute Gasteiger partial charge is 0.272 e. The van der Waals surface area contributed by atoms with Gasteiger partial charge in [-0.3, -0.25) is 9.59 Å². The van der Waals surface area contributed by atoms with Gasteiger partial charge in [0.25, 0.3) is 11.8 Å². The van der Waals surface area contributed by atoms with Crippen LogP contribution in [0.1, 0.15) is 4.88 Å². The molecule has 0 fully saturated rings. The van der Waals surface area contributed by atoms with E-state index in [0.717, 1.165) is 9.78 Å². The van der Waals surface area contributed by atoms with Crippen LogP contribution in [0.5, 0.6) is 0 Å². The highest BCUT2D eigenvalue weighted by Crippen LogP contribution is 2.39. The number of imide groups is 1. The van der Waals surface area contributed by atoms with Crippen LogP contribution in [0, 0.1) is 0 Å². The molecular formula is C16H12ClNO3S2. The van der Waals surface area contributed by atoms with Crippen LogP contribution in [0.3, 0.4) is 0 Å². The molecular weight excluding hydrogens is 354 g/mol. The third-order valence-corrected chi connectivity index (χ3v) is 5.42. The normalized spacial score (nSPS) is 15.0. The van der Waals surface area contributed by atoms with E-state index in [9.17, 15) is 9.59 Å². The van der Waals surface area contributed by atoms with Crippen LogP contribution >= 0.6 is 34.7 Å². The molecule has 0 aliphatic carbocycles. The van der Waals surface area contributed by atoms with Crippen LogP contribution < -0.4 is 4.90 Å². The highest BCUT2D eigenvalue weighted by atomic mass is 35.5. The summed E-state index contributed by atoms with van der Waals surface area (Å²) in [5.74, 6) is -0.350. The Bertz CT molecular complexity index is 769. The van der Waals surface area contributed by atoms with Gasteiger partial charge < -0.3 is 5.11 Å². The number of anilines is 1. The van der Waals surface area contributed by atoms with Gasteiger partial charge in [-0.1, -0.05) is 17.7 Å². The summed E-state index contributed by atoms with van der Waals surface area (Å²) in [7, 11) is 0. The Labute approximate surface area is 146 Å². The summed E-state index contributed by atoms with van der Waals surface area (Å²) < 4.78 is 0. The SMILES string of the molecule is O=C1C(SCCO)=C(c2cccs2)C(=O)N1c1ccc(Cl)cc1. The van der Waals surface area contributed by atoms with Gasteiger partial charge in [-0.2, -0.15) is 0 Å². The lowest BCUT2D eigenvalue weighted by Crippen LogP contribution is -2.31.